The summed E-state index contributed by atoms with van der Waals surface area (Å²) in [6.45, 7) is 9.69. The first kappa shape index (κ1) is 18.6. The Labute approximate surface area is 148 Å². The van der Waals surface area contributed by atoms with Gasteiger partial charge in [-0.1, -0.05) is 11.6 Å². The number of thiophene rings is 1. The summed E-state index contributed by atoms with van der Waals surface area (Å²) in [5.41, 5.74) is 0.885. The zero-order chi connectivity index (χ0) is 17.0. The van der Waals surface area contributed by atoms with Crippen molar-refractivity contribution in [3.8, 4) is 0 Å². The van der Waals surface area contributed by atoms with Crippen molar-refractivity contribution in [2.75, 3.05) is 19.6 Å². The summed E-state index contributed by atoms with van der Waals surface area (Å²) in [6.07, 6.45) is 3.19. The minimum Gasteiger partial charge on any atom is -0.444 e. The monoisotopic (exact) mass is 358 g/mol. The van der Waals surface area contributed by atoms with Gasteiger partial charge in [0, 0.05) is 30.6 Å². The summed E-state index contributed by atoms with van der Waals surface area (Å²) in [5.74, 6) is 0. The van der Waals surface area contributed by atoms with E-state index in [2.05, 4.69) is 11.4 Å². The maximum Gasteiger partial charge on any atom is 0.410 e. The topological polar surface area (TPSA) is 41.6 Å². The van der Waals surface area contributed by atoms with Crippen molar-refractivity contribution in [2.45, 2.75) is 58.6 Å². The van der Waals surface area contributed by atoms with Gasteiger partial charge < -0.3 is 15.0 Å². The van der Waals surface area contributed by atoms with Crippen LogP contribution < -0.4 is 5.32 Å². The number of likely N-dealkylation sites (N-methyl/N-ethyl adjacent to an activating group) is 1. The fourth-order valence-corrected chi connectivity index (χ4v) is 4.20. The highest BCUT2D eigenvalue weighted by Crippen LogP contribution is 2.37. The van der Waals surface area contributed by atoms with Crippen molar-refractivity contribution >= 4 is 29.0 Å². The second-order valence-corrected chi connectivity index (χ2v) is 8.66. The number of carbonyl (C=O) groups excluding carboxylic acids is 1. The van der Waals surface area contributed by atoms with Gasteiger partial charge in [0.1, 0.15) is 5.60 Å². The zero-order valence-electron chi connectivity index (χ0n) is 14.4. The highest BCUT2D eigenvalue weighted by atomic mass is 35.5. The molecule has 1 N–H and O–H groups in total. The van der Waals surface area contributed by atoms with Gasteiger partial charge in [-0.2, -0.15) is 0 Å². The third-order valence-corrected chi connectivity index (χ3v) is 5.23. The lowest BCUT2D eigenvalue weighted by Gasteiger charge is -2.28. The minimum absolute atomic E-state index is 0.246. The predicted octanol–water partition coefficient (Wildman–Crippen LogP) is 4.63. The van der Waals surface area contributed by atoms with Crippen molar-refractivity contribution in [2.24, 2.45) is 0 Å². The molecular formula is C17H27ClN2O2S. The first-order chi connectivity index (χ1) is 10.8. The molecule has 1 aromatic heterocycles. The Balaban J connectivity index is 1.85. The SMILES string of the molecule is CCN(CCNC1CCCc2sc(Cl)cc21)C(=O)OC(C)(C)C. The molecule has 0 bridgehead atoms. The normalized spacial score (nSPS) is 17.7. The first-order valence-electron chi connectivity index (χ1n) is 8.29. The van der Waals surface area contributed by atoms with Crippen molar-refractivity contribution in [3.63, 3.8) is 0 Å². The van der Waals surface area contributed by atoms with Crippen LogP contribution in [-0.4, -0.2) is 36.2 Å². The van der Waals surface area contributed by atoms with Crippen LogP contribution in [0.2, 0.25) is 4.34 Å². The molecule has 6 heteroatoms. The van der Waals surface area contributed by atoms with Crippen LogP contribution in [0.1, 0.15) is 57.0 Å². The highest BCUT2D eigenvalue weighted by molar-refractivity contribution is 7.16. The average Bonchev–Trinajstić information content (AvgIpc) is 2.82. The van der Waals surface area contributed by atoms with E-state index in [0.717, 1.165) is 23.7 Å². The van der Waals surface area contributed by atoms with E-state index in [-0.39, 0.29) is 6.09 Å². The Morgan fingerprint density at radius 3 is 2.91 bits per heavy atom. The number of carbonyl (C=O) groups is 1. The van der Waals surface area contributed by atoms with Gasteiger partial charge in [-0.05, 0) is 58.6 Å². The highest BCUT2D eigenvalue weighted by Gasteiger charge is 2.24. The van der Waals surface area contributed by atoms with E-state index >= 15 is 0 Å². The van der Waals surface area contributed by atoms with E-state index in [4.69, 9.17) is 16.3 Å². The summed E-state index contributed by atoms with van der Waals surface area (Å²) in [5, 5.41) is 3.57. The van der Waals surface area contributed by atoms with Crippen LogP contribution in [0.4, 0.5) is 4.79 Å². The molecule has 1 unspecified atom stereocenters. The van der Waals surface area contributed by atoms with Gasteiger partial charge in [0.05, 0.1) is 4.34 Å². The van der Waals surface area contributed by atoms with E-state index in [0.29, 0.717) is 19.1 Å². The number of rotatable bonds is 5. The number of nitrogens with one attached hydrogen (secondary N) is 1. The van der Waals surface area contributed by atoms with Gasteiger partial charge in [0.2, 0.25) is 0 Å². The van der Waals surface area contributed by atoms with Gasteiger partial charge in [-0.3, -0.25) is 0 Å². The number of ether oxygens (including phenoxy) is 1. The second kappa shape index (κ2) is 7.86. The maximum atomic E-state index is 12.1. The van der Waals surface area contributed by atoms with E-state index in [1.807, 2.05) is 27.7 Å². The van der Waals surface area contributed by atoms with Crippen LogP contribution in [0, 0.1) is 0 Å². The molecule has 0 saturated heterocycles. The fourth-order valence-electron chi connectivity index (χ4n) is 2.81. The van der Waals surface area contributed by atoms with E-state index in [1.165, 1.54) is 16.9 Å². The van der Waals surface area contributed by atoms with Crippen molar-refractivity contribution in [3.05, 3.63) is 20.8 Å². The van der Waals surface area contributed by atoms with Gasteiger partial charge >= 0.3 is 6.09 Å². The number of fused-ring (bicyclic) bond motifs is 1. The lowest BCUT2D eigenvalue weighted by molar-refractivity contribution is 0.0260. The largest absolute Gasteiger partial charge is 0.444 e. The van der Waals surface area contributed by atoms with Crippen molar-refractivity contribution in [1.82, 2.24) is 10.2 Å². The van der Waals surface area contributed by atoms with Crippen LogP contribution in [-0.2, 0) is 11.2 Å². The van der Waals surface area contributed by atoms with Crippen LogP contribution in [0.3, 0.4) is 0 Å². The number of nitrogens with zero attached hydrogens (tertiary/aromatic N) is 1. The predicted molar refractivity (Wildman–Crippen MR) is 96.5 cm³/mol. The molecule has 1 heterocycles. The molecule has 23 heavy (non-hydrogen) atoms. The third kappa shape index (κ3) is 5.37. The molecule has 0 aliphatic heterocycles. The molecular weight excluding hydrogens is 332 g/mol. The van der Waals surface area contributed by atoms with E-state index in [1.54, 1.807) is 16.2 Å². The van der Waals surface area contributed by atoms with Crippen LogP contribution in [0.15, 0.2) is 6.07 Å². The smallest absolute Gasteiger partial charge is 0.410 e. The molecule has 1 aliphatic rings. The summed E-state index contributed by atoms with van der Waals surface area (Å²) < 4.78 is 6.30. The second-order valence-electron chi connectivity index (χ2n) is 6.89. The van der Waals surface area contributed by atoms with E-state index < -0.39 is 5.60 Å². The zero-order valence-corrected chi connectivity index (χ0v) is 16.0. The van der Waals surface area contributed by atoms with Crippen LogP contribution in [0.25, 0.3) is 0 Å². The molecule has 2 rings (SSSR count). The number of halogens is 1. The Bertz CT molecular complexity index is 539. The molecule has 0 fully saturated rings. The molecule has 0 radical (unpaired) electrons. The van der Waals surface area contributed by atoms with Crippen molar-refractivity contribution < 1.29 is 9.53 Å². The Kier molecular flexibility index (Phi) is 6.34. The van der Waals surface area contributed by atoms with Gasteiger partial charge in [-0.25, -0.2) is 4.79 Å². The van der Waals surface area contributed by atoms with Crippen LogP contribution in [0.5, 0.6) is 0 Å². The Morgan fingerprint density at radius 1 is 1.52 bits per heavy atom. The fraction of sp³-hybridized carbons (Fsp3) is 0.706. The first-order valence-corrected chi connectivity index (χ1v) is 9.49. The van der Waals surface area contributed by atoms with Crippen molar-refractivity contribution in [1.29, 1.82) is 0 Å². The maximum absolute atomic E-state index is 12.1. The Morgan fingerprint density at radius 2 is 2.26 bits per heavy atom. The van der Waals surface area contributed by atoms with Gasteiger partial charge in [0.25, 0.3) is 0 Å². The lowest BCUT2D eigenvalue weighted by Crippen LogP contribution is -2.41. The number of hydrogen-bond donors (Lipinski definition) is 1. The summed E-state index contributed by atoms with van der Waals surface area (Å²) in [7, 11) is 0. The quantitative estimate of drug-likeness (QED) is 0.834. The average molecular weight is 359 g/mol. The number of aryl methyl sites for hydroxylation is 1. The number of hydrogen-bond acceptors (Lipinski definition) is 4. The molecule has 1 atom stereocenters. The summed E-state index contributed by atoms with van der Waals surface area (Å²) in [4.78, 5) is 15.3. The van der Waals surface area contributed by atoms with Gasteiger partial charge in [-0.15, -0.1) is 11.3 Å². The molecule has 130 valence electrons. The molecule has 1 amide bonds. The summed E-state index contributed by atoms with van der Waals surface area (Å²) >= 11 is 7.84. The molecule has 0 saturated carbocycles. The number of amides is 1. The minimum atomic E-state index is -0.455. The molecule has 0 aromatic carbocycles. The molecule has 1 aromatic rings. The van der Waals surface area contributed by atoms with Crippen LogP contribution >= 0.6 is 22.9 Å². The lowest BCUT2D eigenvalue weighted by atomic mass is 9.94. The van der Waals surface area contributed by atoms with E-state index in [9.17, 15) is 4.79 Å². The standard InChI is InChI=1S/C17H27ClN2O2S/c1-5-20(16(21)22-17(2,3)4)10-9-19-13-7-6-8-14-12(13)11-15(18)23-14/h11,13,19H,5-10H2,1-4H3. The molecule has 0 spiro atoms. The Hall–Kier alpha value is -0.780. The van der Waals surface area contributed by atoms with Gasteiger partial charge in [0.15, 0.2) is 0 Å². The third-order valence-electron chi connectivity index (χ3n) is 3.89. The summed E-state index contributed by atoms with van der Waals surface area (Å²) in [6, 6.07) is 2.43. The molecule has 1 aliphatic carbocycles. The molecule has 4 nitrogen and oxygen atoms in total.